The first kappa shape index (κ1) is 13.1. The predicted octanol–water partition coefficient (Wildman–Crippen LogP) is 2.08. The van der Waals surface area contributed by atoms with Crippen LogP contribution in [0.5, 0.6) is 0 Å². The maximum absolute atomic E-state index is 4.40. The van der Waals surface area contributed by atoms with E-state index in [9.17, 15) is 0 Å². The molecule has 0 unspecified atom stereocenters. The van der Waals surface area contributed by atoms with Crippen LogP contribution >= 0.6 is 0 Å². The zero-order valence-corrected chi connectivity index (χ0v) is 11.7. The summed E-state index contributed by atoms with van der Waals surface area (Å²) in [6.07, 6.45) is 6.04. The summed E-state index contributed by atoms with van der Waals surface area (Å²) in [5, 5.41) is 3.38. The molecule has 0 bridgehead atoms. The van der Waals surface area contributed by atoms with Crippen LogP contribution < -0.4 is 10.2 Å². The number of nitrogens with one attached hydrogen (secondary N) is 1. The van der Waals surface area contributed by atoms with Gasteiger partial charge in [-0.25, -0.2) is 0 Å². The lowest BCUT2D eigenvalue weighted by Crippen LogP contribution is -2.43. The molecule has 1 radical (unpaired) electrons. The van der Waals surface area contributed by atoms with Crippen LogP contribution in [0.15, 0.2) is 42.7 Å². The Balaban J connectivity index is 1.65. The van der Waals surface area contributed by atoms with Crippen molar-refractivity contribution >= 4 is 5.69 Å². The Bertz CT molecular complexity index is 533. The molecule has 0 saturated carbocycles. The van der Waals surface area contributed by atoms with Gasteiger partial charge in [0.2, 0.25) is 0 Å². The summed E-state index contributed by atoms with van der Waals surface area (Å²) in [7, 11) is 0. The lowest BCUT2D eigenvalue weighted by molar-refractivity contribution is 0.588. The molecule has 20 heavy (non-hydrogen) atoms. The summed E-state index contributed by atoms with van der Waals surface area (Å²) < 4.78 is 0. The number of piperazine rings is 1. The molecule has 1 aliphatic heterocycles. The number of hydrogen-bond donors (Lipinski definition) is 1. The highest BCUT2D eigenvalue weighted by Crippen LogP contribution is 2.16. The molecule has 1 saturated heterocycles. The molecule has 3 rings (SSSR count). The van der Waals surface area contributed by atoms with E-state index < -0.39 is 0 Å². The molecule has 1 aromatic heterocycles. The maximum atomic E-state index is 4.40. The molecule has 0 amide bonds. The molecule has 1 fully saturated rings. The van der Waals surface area contributed by atoms with Gasteiger partial charge in [-0.3, -0.25) is 4.98 Å². The van der Waals surface area contributed by atoms with Crippen LogP contribution in [0, 0.1) is 6.07 Å². The van der Waals surface area contributed by atoms with Crippen LogP contribution in [-0.2, 0) is 12.8 Å². The maximum Gasteiger partial charge on any atom is 0.0556 e. The van der Waals surface area contributed by atoms with E-state index in [0.717, 1.165) is 39.0 Å². The van der Waals surface area contributed by atoms with Crippen molar-refractivity contribution < 1.29 is 0 Å². The second-order valence-electron chi connectivity index (χ2n) is 5.20. The first-order valence-electron chi connectivity index (χ1n) is 7.26. The topological polar surface area (TPSA) is 28.2 Å². The molecular weight excluding hydrogens is 246 g/mol. The molecule has 0 aliphatic carbocycles. The van der Waals surface area contributed by atoms with Gasteiger partial charge in [0.25, 0.3) is 0 Å². The van der Waals surface area contributed by atoms with Crippen LogP contribution in [0.4, 0.5) is 5.69 Å². The van der Waals surface area contributed by atoms with E-state index in [1.807, 2.05) is 24.5 Å². The van der Waals surface area contributed by atoms with Crippen LogP contribution in [-0.4, -0.2) is 31.2 Å². The van der Waals surface area contributed by atoms with Crippen LogP contribution in [0.1, 0.15) is 11.1 Å². The highest BCUT2D eigenvalue weighted by molar-refractivity contribution is 5.46. The van der Waals surface area contributed by atoms with E-state index in [-0.39, 0.29) is 0 Å². The van der Waals surface area contributed by atoms with Gasteiger partial charge in [-0.15, -0.1) is 0 Å². The smallest absolute Gasteiger partial charge is 0.0556 e. The van der Waals surface area contributed by atoms with Crippen LogP contribution in [0.2, 0.25) is 0 Å². The van der Waals surface area contributed by atoms with Gasteiger partial charge in [0.05, 0.1) is 11.9 Å². The summed E-state index contributed by atoms with van der Waals surface area (Å²) in [6, 6.07) is 13.6. The SMILES string of the molecule is [c]1cccc(CCc2cncc(N3CCNCC3)c2)c1. The third-order valence-corrected chi connectivity index (χ3v) is 3.74. The first-order valence-corrected chi connectivity index (χ1v) is 7.26. The minimum atomic E-state index is 1.03. The monoisotopic (exact) mass is 266 g/mol. The third-order valence-electron chi connectivity index (χ3n) is 3.74. The second kappa shape index (κ2) is 6.53. The molecule has 2 aromatic rings. The van der Waals surface area contributed by atoms with Crippen LogP contribution in [0.3, 0.4) is 0 Å². The van der Waals surface area contributed by atoms with Gasteiger partial charge in [0, 0.05) is 32.4 Å². The molecule has 0 atom stereocenters. The molecule has 2 heterocycles. The largest absolute Gasteiger partial charge is 0.368 e. The molecular formula is C17H20N3. The summed E-state index contributed by atoms with van der Waals surface area (Å²) in [5.74, 6) is 0. The normalized spacial score (nSPS) is 15.3. The lowest BCUT2D eigenvalue weighted by atomic mass is 10.1. The number of aromatic nitrogens is 1. The van der Waals surface area contributed by atoms with E-state index in [2.05, 4.69) is 39.5 Å². The van der Waals surface area contributed by atoms with Crippen molar-refractivity contribution in [3.8, 4) is 0 Å². The zero-order chi connectivity index (χ0) is 13.6. The standard InChI is InChI=1S/C17H20N3/c1-2-4-15(5-3-1)6-7-16-12-17(14-19-13-16)20-10-8-18-9-11-20/h1-2,4-5,12-14,18H,6-11H2. The van der Waals surface area contributed by atoms with Gasteiger partial charge in [-0.2, -0.15) is 0 Å². The number of hydrogen-bond acceptors (Lipinski definition) is 3. The van der Waals surface area contributed by atoms with E-state index in [1.54, 1.807) is 0 Å². The fourth-order valence-corrected chi connectivity index (χ4v) is 2.58. The number of pyridine rings is 1. The Morgan fingerprint density at radius 2 is 2.00 bits per heavy atom. The molecule has 1 aliphatic rings. The fraction of sp³-hybridized carbons (Fsp3) is 0.353. The molecule has 0 spiro atoms. The minimum absolute atomic E-state index is 1.03. The van der Waals surface area contributed by atoms with Crippen molar-refractivity contribution in [1.82, 2.24) is 10.3 Å². The van der Waals surface area contributed by atoms with Gasteiger partial charge in [-0.05, 0) is 36.1 Å². The van der Waals surface area contributed by atoms with Crippen molar-refractivity contribution in [3.63, 3.8) is 0 Å². The zero-order valence-electron chi connectivity index (χ0n) is 11.7. The highest BCUT2D eigenvalue weighted by atomic mass is 15.2. The Labute approximate surface area is 120 Å². The van der Waals surface area contributed by atoms with Gasteiger partial charge >= 0.3 is 0 Å². The molecule has 1 N–H and O–H groups in total. The summed E-state index contributed by atoms with van der Waals surface area (Å²) in [6.45, 7) is 4.26. The first-order chi connectivity index (χ1) is 9.92. The lowest BCUT2D eigenvalue weighted by Gasteiger charge is -2.29. The number of anilines is 1. The van der Waals surface area contributed by atoms with Gasteiger partial charge < -0.3 is 10.2 Å². The average Bonchev–Trinajstić information content (AvgIpc) is 2.55. The third kappa shape index (κ3) is 3.36. The number of nitrogens with zero attached hydrogens (tertiary/aromatic N) is 2. The Hall–Kier alpha value is -1.87. The molecule has 3 nitrogen and oxygen atoms in total. The van der Waals surface area contributed by atoms with E-state index in [4.69, 9.17) is 0 Å². The average molecular weight is 266 g/mol. The molecule has 3 heteroatoms. The number of benzene rings is 1. The summed E-state index contributed by atoms with van der Waals surface area (Å²) in [5.41, 5.74) is 3.90. The van der Waals surface area contributed by atoms with E-state index in [1.165, 1.54) is 16.8 Å². The highest BCUT2D eigenvalue weighted by Gasteiger charge is 2.10. The number of aryl methyl sites for hydroxylation is 2. The second-order valence-corrected chi connectivity index (χ2v) is 5.20. The van der Waals surface area contributed by atoms with Crippen molar-refractivity contribution in [3.05, 3.63) is 59.9 Å². The Morgan fingerprint density at radius 1 is 1.15 bits per heavy atom. The minimum Gasteiger partial charge on any atom is -0.368 e. The van der Waals surface area contributed by atoms with Crippen molar-refractivity contribution in [1.29, 1.82) is 0 Å². The van der Waals surface area contributed by atoms with Gasteiger partial charge in [0.15, 0.2) is 0 Å². The van der Waals surface area contributed by atoms with Gasteiger partial charge in [0.1, 0.15) is 0 Å². The summed E-state index contributed by atoms with van der Waals surface area (Å²) >= 11 is 0. The molecule has 1 aromatic carbocycles. The Morgan fingerprint density at radius 3 is 2.80 bits per heavy atom. The fourth-order valence-electron chi connectivity index (χ4n) is 2.58. The van der Waals surface area contributed by atoms with E-state index >= 15 is 0 Å². The van der Waals surface area contributed by atoms with Crippen molar-refractivity contribution in [2.45, 2.75) is 12.8 Å². The summed E-state index contributed by atoms with van der Waals surface area (Å²) in [4.78, 5) is 6.81. The number of rotatable bonds is 4. The quantitative estimate of drug-likeness (QED) is 0.918. The van der Waals surface area contributed by atoms with Gasteiger partial charge in [-0.1, -0.05) is 24.3 Å². The predicted molar refractivity (Wildman–Crippen MR) is 82.0 cm³/mol. The van der Waals surface area contributed by atoms with Crippen LogP contribution in [0.25, 0.3) is 0 Å². The van der Waals surface area contributed by atoms with Crippen molar-refractivity contribution in [2.75, 3.05) is 31.1 Å². The van der Waals surface area contributed by atoms with E-state index in [0.29, 0.717) is 0 Å². The van der Waals surface area contributed by atoms with Crippen molar-refractivity contribution in [2.24, 2.45) is 0 Å². The Kier molecular flexibility index (Phi) is 4.28. The molecule has 103 valence electrons.